The van der Waals surface area contributed by atoms with Gasteiger partial charge >= 0.3 is 0 Å². The third kappa shape index (κ3) is 2.61. The number of nitrogens with two attached hydrogens (primary N) is 2. The molecule has 0 saturated heterocycles. The number of hydrogen-bond acceptors (Lipinski definition) is 4. The summed E-state index contributed by atoms with van der Waals surface area (Å²) in [6.07, 6.45) is 0. The van der Waals surface area contributed by atoms with Gasteiger partial charge in [0, 0.05) is 12.6 Å². The van der Waals surface area contributed by atoms with Crippen molar-refractivity contribution in [3.8, 4) is 0 Å². The molecule has 62 valence electrons. The zero-order chi connectivity index (χ0) is 8.36. The summed E-state index contributed by atoms with van der Waals surface area (Å²) in [6.45, 7) is 1.32. The molecule has 0 bridgehead atoms. The first-order chi connectivity index (χ1) is 4.39. The lowest BCUT2D eigenvalue weighted by Gasteiger charge is -2.14. The zero-order valence-corrected chi connectivity index (χ0v) is 6.50. The number of rotatable bonds is 3. The second-order valence-corrected chi connectivity index (χ2v) is 3.78. The highest BCUT2D eigenvalue weighted by atomic mass is 32.2. The van der Waals surface area contributed by atoms with Crippen LogP contribution in [0.3, 0.4) is 0 Å². The molecule has 0 saturated carbocycles. The Labute approximate surface area is 60.1 Å². The molecular weight excluding hydrogens is 156 g/mol. The van der Waals surface area contributed by atoms with E-state index in [2.05, 4.69) is 0 Å². The molecule has 0 aromatic rings. The van der Waals surface area contributed by atoms with Crippen molar-refractivity contribution >= 4 is 10.1 Å². The molecule has 2 unspecified atom stereocenters. The van der Waals surface area contributed by atoms with Crippen molar-refractivity contribution in [1.82, 2.24) is 0 Å². The Bertz CT molecular complexity index is 187. The number of hydrogen-bond donors (Lipinski definition) is 3. The minimum atomic E-state index is -4.06. The maximum absolute atomic E-state index is 10.4. The Morgan fingerprint density at radius 2 is 2.00 bits per heavy atom. The summed E-state index contributed by atoms with van der Waals surface area (Å²) in [4.78, 5) is 0. The molecule has 0 rings (SSSR count). The van der Waals surface area contributed by atoms with E-state index in [-0.39, 0.29) is 6.54 Å². The summed E-state index contributed by atoms with van der Waals surface area (Å²) >= 11 is 0. The molecule has 0 aromatic heterocycles. The van der Waals surface area contributed by atoms with E-state index >= 15 is 0 Å². The Kier molecular flexibility index (Phi) is 3.23. The van der Waals surface area contributed by atoms with Gasteiger partial charge in [-0.15, -0.1) is 0 Å². The first kappa shape index (κ1) is 9.83. The van der Waals surface area contributed by atoms with Crippen LogP contribution in [0.1, 0.15) is 6.92 Å². The van der Waals surface area contributed by atoms with Gasteiger partial charge in [-0.3, -0.25) is 4.55 Å². The zero-order valence-electron chi connectivity index (χ0n) is 5.69. The highest BCUT2D eigenvalue weighted by Gasteiger charge is 2.24. The van der Waals surface area contributed by atoms with E-state index in [0.717, 1.165) is 0 Å². The molecular formula is C4H12N2O3S. The third-order valence-corrected chi connectivity index (χ3v) is 2.59. The summed E-state index contributed by atoms with van der Waals surface area (Å²) < 4.78 is 29.3. The average molecular weight is 168 g/mol. The normalized spacial score (nSPS) is 18.4. The van der Waals surface area contributed by atoms with E-state index < -0.39 is 21.4 Å². The Balaban J connectivity index is 4.38. The van der Waals surface area contributed by atoms with Gasteiger partial charge in [0.15, 0.2) is 0 Å². The Hall–Kier alpha value is -0.170. The van der Waals surface area contributed by atoms with Crippen molar-refractivity contribution in [3.05, 3.63) is 0 Å². The van der Waals surface area contributed by atoms with Crippen LogP contribution >= 0.6 is 0 Å². The van der Waals surface area contributed by atoms with Gasteiger partial charge in [0.2, 0.25) is 0 Å². The van der Waals surface area contributed by atoms with Gasteiger partial charge in [-0.2, -0.15) is 8.42 Å². The largest absolute Gasteiger partial charge is 0.329 e. The van der Waals surface area contributed by atoms with Gasteiger partial charge in [0.1, 0.15) is 5.25 Å². The summed E-state index contributed by atoms with van der Waals surface area (Å²) in [5.41, 5.74) is 10.3. The molecule has 0 spiro atoms. The average Bonchev–Trinajstić information content (AvgIpc) is 1.60. The molecule has 0 aliphatic heterocycles. The van der Waals surface area contributed by atoms with Crippen LogP contribution in [0.4, 0.5) is 0 Å². The van der Waals surface area contributed by atoms with Gasteiger partial charge < -0.3 is 11.5 Å². The lowest BCUT2D eigenvalue weighted by molar-refractivity contribution is 0.456. The molecule has 5 N–H and O–H groups in total. The van der Waals surface area contributed by atoms with E-state index in [4.69, 9.17) is 16.0 Å². The maximum atomic E-state index is 10.4. The fourth-order valence-corrected chi connectivity index (χ4v) is 1.39. The first-order valence-electron chi connectivity index (χ1n) is 2.81. The van der Waals surface area contributed by atoms with Crippen molar-refractivity contribution in [2.75, 3.05) is 6.54 Å². The smallest absolute Gasteiger partial charge is 0.270 e. The van der Waals surface area contributed by atoms with E-state index in [0.29, 0.717) is 0 Å². The van der Waals surface area contributed by atoms with E-state index in [9.17, 15) is 8.42 Å². The highest BCUT2D eigenvalue weighted by molar-refractivity contribution is 7.86. The topological polar surface area (TPSA) is 106 Å². The van der Waals surface area contributed by atoms with Gasteiger partial charge in [0.25, 0.3) is 10.1 Å². The fourth-order valence-electron chi connectivity index (χ4n) is 0.608. The Morgan fingerprint density at radius 3 is 2.00 bits per heavy atom. The fraction of sp³-hybridized carbons (Fsp3) is 1.00. The molecule has 0 aliphatic carbocycles. The van der Waals surface area contributed by atoms with Gasteiger partial charge in [-0.25, -0.2) is 0 Å². The lowest BCUT2D eigenvalue weighted by Crippen LogP contribution is -2.43. The molecule has 0 fully saturated rings. The van der Waals surface area contributed by atoms with Crippen molar-refractivity contribution in [1.29, 1.82) is 0 Å². The standard InChI is InChI=1S/C4H12N2O3S/c1-3(6)4(2-5)10(7,8)9/h3-4H,2,5-6H2,1H3,(H,7,8,9). The monoisotopic (exact) mass is 168 g/mol. The summed E-state index contributed by atoms with van der Waals surface area (Å²) in [7, 11) is -4.06. The van der Waals surface area contributed by atoms with Crippen LogP contribution in [-0.2, 0) is 10.1 Å². The van der Waals surface area contributed by atoms with Crippen molar-refractivity contribution in [2.45, 2.75) is 18.2 Å². The van der Waals surface area contributed by atoms with Crippen LogP contribution in [0.25, 0.3) is 0 Å². The van der Waals surface area contributed by atoms with Crippen molar-refractivity contribution in [2.24, 2.45) is 11.5 Å². The molecule has 5 nitrogen and oxygen atoms in total. The van der Waals surface area contributed by atoms with Crippen LogP contribution in [0.15, 0.2) is 0 Å². The minimum Gasteiger partial charge on any atom is -0.329 e. The maximum Gasteiger partial charge on any atom is 0.270 e. The highest BCUT2D eigenvalue weighted by Crippen LogP contribution is 1.99. The summed E-state index contributed by atoms with van der Waals surface area (Å²) in [5.74, 6) is 0. The van der Waals surface area contributed by atoms with E-state index in [1.807, 2.05) is 0 Å². The van der Waals surface area contributed by atoms with Gasteiger partial charge in [0.05, 0.1) is 0 Å². The SMILES string of the molecule is CC(N)C(CN)S(=O)(=O)O. The van der Waals surface area contributed by atoms with Crippen molar-refractivity contribution < 1.29 is 13.0 Å². The minimum absolute atomic E-state index is 0.156. The quantitative estimate of drug-likeness (QED) is 0.447. The second kappa shape index (κ2) is 3.29. The Morgan fingerprint density at radius 1 is 1.60 bits per heavy atom. The molecule has 0 heterocycles. The predicted octanol–water partition coefficient (Wildman–Crippen LogP) is -1.45. The molecule has 6 heteroatoms. The van der Waals surface area contributed by atoms with Gasteiger partial charge in [-0.05, 0) is 6.92 Å². The first-order valence-corrected chi connectivity index (χ1v) is 4.32. The van der Waals surface area contributed by atoms with E-state index in [1.54, 1.807) is 0 Å². The van der Waals surface area contributed by atoms with Crippen LogP contribution in [0, 0.1) is 0 Å². The molecule has 10 heavy (non-hydrogen) atoms. The molecule has 2 atom stereocenters. The molecule has 0 aliphatic rings. The summed E-state index contributed by atoms with van der Waals surface area (Å²) in [6, 6.07) is -0.639. The molecule has 0 aromatic carbocycles. The lowest BCUT2D eigenvalue weighted by atomic mass is 10.2. The summed E-state index contributed by atoms with van der Waals surface area (Å²) in [5, 5.41) is -1.05. The van der Waals surface area contributed by atoms with Crippen molar-refractivity contribution in [3.63, 3.8) is 0 Å². The third-order valence-electron chi connectivity index (χ3n) is 1.20. The van der Waals surface area contributed by atoms with Crippen LogP contribution in [0.5, 0.6) is 0 Å². The van der Waals surface area contributed by atoms with Crippen LogP contribution in [-0.4, -0.2) is 30.8 Å². The van der Waals surface area contributed by atoms with Crippen LogP contribution < -0.4 is 11.5 Å². The molecule has 0 amide bonds. The van der Waals surface area contributed by atoms with E-state index in [1.165, 1.54) is 6.92 Å². The van der Waals surface area contributed by atoms with Crippen LogP contribution in [0.2, 0.25) is 0 Å². The predicted molar refractivity (Wildman–Crippen MR) is 38.0 cm³/mol. The molecule has 0 radical (unpaired) electrons. The van der Waals surface area contributed by atoms with Gasteiger partial charge in [-0.1, -0.05) is 0 Å². The second-order valence-electron chi connectivity index (χ2n) is 2.15.